The molecular weight excluding hydrogens is 536 g/mol. The second kappa shape index (κ2) is 13.7. The third kappa shape index (κ3) is 10.3. The van der Waals surface area contributed by atoms with Crippen molar-refractivity contribution in [2.75, 3.05) is 13.2 Å². The van der Waals surface area contributed by atoms with Gasteiger partial charge in [-0.2, -0.15) is 0 Å². The predicted molar refractivity (Wildman–Crippen MR) is 137 cm³/mol. The van der Waals surface area contributed by atoms with E-state index in [1.165, 1.54) is 0 Å². The first kappa shape index (κ1) is 30.5. The van der Waals surface area contributed by atoms with Crippen LogP contribution in [0.25, 0.3) is 0 Å². The highest BCUT2D eigenvalue weighted by Gasteiger charge is 2.19. The van der Waals surface area contributed by atoms with Crippen LogP contribution in [0.3, 0.4) is 0 Å². The van der Waals surface area contributed by atoms with Gasteiger partial charge in [0, 0.05) is 0 Å². The molecule has 0 unspecified atom stereocenters. The third-order valence-electron chi connectivity index (χ3n) is 4.92. The van der Waals surface area contributed by atoms with E-state index in [1.807, 2.05) is 24.3 Å². The monoisotopic (exact) mass is 566 g/mol. The Balaban J connectivity index is 1.56. The van der Waals surface area contributed by atoms with Gasteiger partial charge in [0.1, 0.15) is 13.2 Å². The van der Waals surface area contributed by atoms with Crippen LogP contribution in [0.5, 0.6) is 0 Å². The molecule has 38 heavy (non-hydrogen) atoms. The first-order valence-electron chi connectivity index (χ1n) is 11.4. The minimum Gasteiger partial charge on any atom is -0.429 e. The smallest absolute Gasteiger partial charge is 0.429 e. The van der Waals surface area contributed by atoms with Crippen LogP contribution in [0.15, 0.2) is 48.5 Å². The van der Waals surface area contributed by atoms with Gasteiger partial charge in [0.15, 0.2) is 0 Å². The molecule has 12 nitrogen and oxygen atoms in total. The molecule has 0 heterocycles. The summed E-state index contributed by atoms with van der Waals surface area (Å²) in [6.45, 7) is 12.1. The summed E-state index contributed by atoms with van der Waals surface area (Å²) in [4.78, 5) is 63.6. The highest BCUT2D eigenvalue weighted by atomic mass is 28.3. The van der Waals surface area contributed by atoms with Gasteiger partial charge in [0.05, 0.1) is 37.4 Å². The molecule has 0 fully saturated rings. The molecule has 0 spiro atoms. The SMILES string of the molecule is C[Si](C)(C)c1ccc(C(=O)OOOC(=O)OCCOC(=O)OOOC(=O)c2ccc([Si](C)(C)C)cc2)cc1. The number of carbonyl (C=O) groups is 4. The molecule has 0 aromatic heterocycles. The van der Waals surface area contributed by atoms with E-state index < -0.39 is 53.6 Å². The Morgan fingerprint density at radius 2 is 0.842 bits per heavy atom. The average Bonchev–Trinajstić information content (AvgIpc) is 2.85. The highest BCUT2D eigenvalue weighted by Crippen LogP contribution is 2.08. The summed E-state index contributed by atoms with van der Waals surface area (Å²) in [5.41, 5.74) is 0.396. The van der Waals surface area contributed by atoms with Gasteiger partial charge in [0.2, 0.25) is 0 Å². The molecule has 0 aliphatic rings. The molecule has 0 aliphatic carbocycles. The Morgan fingerprint density at radius 1 is 0.526 bits per heavy atom. The molecule has 2 aromatic rings. The minimum absolute atomic E-state index is 0.198. The Labute approximate surface area is 221 Å². The van der Waals surface area contributed by atoms with Crippen LogP contribution in [0, 0.1) is 0 Å². The quantitative estimate of drug-likeness (QED) is 0.128. The normalized spacial score (nSPS) is 11.2. The zero-order chi connectivity index (χ0) is 28.3. The number of hydrogen-bond donors (Lipinski definition) is 0. The van der Waals surface area contributed by atoms with E-state index in [0.717, 1.165) is 10.4 Å². The largest absolute Gasteiger partial charge is 0.543 e. The summed E-state index contributed by atoms with van der Waals surface area (Å²) in [5, 5.41) is 10.5. The lowest BCUT2D eigenvalue weighted by Gasteiger charge is -2.16. The summed E-state index contributed by atoms with van der Waals surface area (Å²) >= 11 is 0. The van der Waals surface area contributed by atoms with Gasteiger partial charge in [-0.05, 0) is 24.3 Å². The van der Waals surface area contributed by atoms with Crippen LogP contribution in [-0.2, 0) is 39.1 Å². The molecule has 0 saturated carbocycles. The number of ether oxygens (including phenoxy) is 2. The van der Waals surface area contributed by atoms with Gasteiger partial charge in [-0.3, -0.25) is 9.78 Å². The number of benzene rings is 2. The Morgan fingerprint density at radius 3 is 1.13 bits per heavy atom. The summed E-state index contributed by atoms with van der Waals surface area (Å²) in [6, 6.07) is 13.6. The van der Waals surface area contributed by atoms with Crippen molar-refractivity contribution < 1.29 is 58.3 Å². The molecule has 0 saturated heterocycles. The van der Waals surface area contributed by atoms with Crippen molar-refractivity contribution in [1.82, 2.24) is 0 Å². The predicted octanol–water partition coefficient (Wildman–Crippen LogP) is 3.79. The molecule has 206 valence electrons. The maximum Gasteiger partial charge on any atom is 0.543 e. The van der Waals surface area contributed by atoms with Crippen molar-refractivity contribution >= 4 is 50.8 Å². The van der Waals surface area contributed by atoms with Gasteiger partial charge in [-0.1, -0.05) is 73.9 Å². The standard InChI is InChI=1S/C24H30O12Si2/c1-37(2,3)19-11-7-17(8-12-19)21(25)31-35-33-23(27)29-15-16-30-24(28)34-36-32-22(26)18-9-13-20(14-10-18)38(4,5)6/h7-14H,15-16H2,1-6H3. The van der Waals surface area contributed by atoms with Crippen molar-refractivity contribution in [3.63, 3.8) is 0 Å². The van der Waals surface area contributed by atoms with Crippen molar-refractivity contribution in [1.29, 1.82) is 0 Å². The molecule has 2 rings (SSSR count). The summed E-state index contributed by atoms with van der Waals surface area (Å²) in [5.74, 6) is -1.76. The van der Waals surface area contributed by atoms with Crippen LogP contribution < -0.4 is 10.4 Å². The lowest BCUT2D eigenvalue weighted by atomic mass is 10.2. The number of rotatable bonds is 11. The second-order valence-electron chi connectivity index (χ2n) is 9.90. The third-order valence-corrected chi connectivity index (χ3v) is 9.05. The highest BCUT2D eigenvalue weighted by molar-refractivity contribution is 6.89. The zero-order valence-electron chi connectivity index (χ0n) is 21.9. The fourth-order valence-electron chi connectivity index (χ4n) is 2.76. The number of hydrogen-bond acceptors (Lipinski definition) is 12. The van der Waals surface area contributed by atoms with E-state index in [4.69, 9.17) is 0 Å². The average molecular weight is 567 g/mol. The van der Waals surface area contributed by atoms with Crippen LogP contribution in [0.1, 0.15) is 20.7 Å². The van der Waals surface area contributed by atoms with Crippen LogP contribution in [0.4, 0.5) is 9.59 Å². The van der Waals surface area contributed by atoms with Gasteiger partial charge < -0.3 is 9.47 Å². The van der Waals surface area contributed by atoms with E-state index in [0.29, 0.717) is 0 Å². The molecule has 0 aliphatic heterocycles. The lowest BCUT2D eigenvalue weighted by molar-refractivity contribution is -0.453. The second-order valence-corrected chi connectivity index (χ2v) is 20.1. The first-order valence-corrected chi connectivity index (χ1v) is 18.4. The number of carbonyl (C=O) groups excluding carboxylic acids is 4. The Kier molecular flexibility index (Phi) is 11.0. The summed E-state index contributed by atoms with van der Waals surface area (Å²) in [6.07, 6.45) is -2.73. The fourth-order valence-corrected chi connectivity index (χ4v) is 5.09. The Hall–Kier alpha value is -3.73. The van der Waals surface area contributed by atoms with E-state index in [9.17, 15) is 19.2 Å². The Bertz CT molecular complexity index is 1010. The molecule has 0 N–H and O–H groups in total. The van der Waals surface area contributed by atoms with Crippen LogP contribution in [0.2, 0.25) is 39.3 Å². The van der Waals surface area contributed by atoms with Crippen molar-refractivity contribution in [3.8, 4) is 0 Å². The van der Waals surface area contributed by atoms with E-state index in [2.05, 4.69) is 78.4 Å². The van der Waals surface area contributed by atoms with Crippen LogP contribution >= 0.6 is 0 Å². The molecular formula is C24H30O12Si2. The van der Waals surface area contributed by atoms with Gasteiger partial charge in [0.25, 0.3) is 0 Å². The molecule has 0 radical (unpaired) electrons. The molecule has 2 aromatic carbocycles. The van der Waals surface area contributed by atoms with Crippen molar-refractivity contribution in [2.24, 2.45) is 0 Å². The fraction of sp³-hybridized carbons (Fsp3) is 0.333. The van der Waals surface area contributed by atoms with E-state index in [1.54, 1.807) is 24.3 Å². The van der Waals surface area contributed by atoms with Gasteiger partial charge in [-0.25, -0.2) is 29.0 Å². The molecule has 0 bridgehead atoms. The van der Waals surface area contributed by atoms with E-state index in [-0.39, 0.29) is 11.1 Å². The van der Waals surface area contributed by atoms with Crippen LogP contribution in [-0.4, -0.2) is 53.6 Å². The molecule has 0 amide bonds. The van der Waals surface area contributed by atoms with Gasteiger partial charge >= 0.3 is 24.2 Å². The minimum atomic E-state index is -1.52. The lowest BCUT2D eigenvalue weighted by Crippen LogP contribution is -2.37. The zero-order valence-corrected chi connectivity index (χ0v) is 23.9. The molecule has 0 atom stereocenters. The maximum atomic E-state index is 11.9. The van der Waals surface area contributed by atoms with E-state index >= 15 is 0 Å². The molecule has 14 heteroatoms. The topological polar surface area (TPSA) is 142 Å². The van der Waals surface area contributed by atoms with Gasteiger partial charge in [-0.15, -0.1) is 0 Å². The summed E-state index contributed by atoms with van der Waals surface area (Å²) < 4.78 is 9.08. The van der Waals surface area contributed by atoms with Crippen molar-refractivity contribution in [2.45, 2.75) is 39.3 Å². The first-order chi connectivity index (χ1) is 17.8. The van der Waals surface area contributed by atoms with Crippen molar-refractivity contribution in [3.05, 3.63) is 59.7 Å². The maximum absolute atomic E-state index is 11.9. The summed E-state index contributed by atoms with van der Waals surface area (Å²) in [7, 11) is -3.04.